The van der Waals surface area contributed by atoms with Gasteiger partial charge in [0.2, 0.25) is 0 Å². The molecule has 2 rings (SSSR count). The molecule has 0 aromatic heterocycles. The molecule has 0 saturated carbocycles. The van der Waals surface area contributed by atoms with E-state index in [1.54, 1.807) is 30.4 Å². The minimum atomic E-state index is -0.874. The molecule has 2 unspecified atom stereocenters. The summed E-state index contributed by atoms with van der Waals surface area (Å²) in [5.74, 6) is -1.67. The topological polar surface area (TPSA) is 92.4 Å². The van der Waals surface area contributed by atoms with Crippen molar-refractivity contribution in [1.82, 2.24) is 5.32 Å². The molecule has 4 N–H and O–H groups in total. The molecule has 19 heavy (non-hydrogen) atoms. The largest absolute Gasteiger partial charge is 0.481 e. The molecule has 5 nitrogen and oxygen atoms in total. The van der Waals surface area contributed by atoms with Crippen LogP contribution in [0.2, 0.25) is 0 Å². The second-order valence-corrected chi connectivity index (χ2v) is 5.24. The third kappa shape index (κ3) is 3.14. The highest BCUT2D eigenvalue weighted by molar-refractivity contribution is 9.10. The zero-order chi connectivity index (χ0) is 14.0. The molecule has 0 bridgehead atoms. The van der Waals surface area contributed by atoms with Crippen LogP contribution in [0, 0.1) is 5.92 Å². The van der Waals surface area contributed by atoms with Crippen molar-refractivity contribution < 1.29 is 14.7 Å². The van der Waals surface area contributed by atoms with Crippen LogP contribution in [0.5, 0.6) is 0 Å². The van der Waals surface area contributed by atoms with E-state index in [0.29, 0.717) is 17.7 Å². The van der Waals surface area contributed by atoms with Crippen LogP contribution < -0.4 is 11.1 Å². The van der Waals surface area contributed by atoms with Crippen molar-refractivity contribution in [3.8, 4) is 0 Å². The number of aliphatic carboxylic acids is 1. The molecular formula is C13H13BrN2O3. The lowest BCUT2D eigenvalue weighted by Gasteiger charge is -2.12. The van der Waals surface area contributed by atoms with Crippen LogP contribution in [-0.4, -0.2) is 23.0 Å². The highest BCUT2D eigenvalue weighted by atomic mass is 79.9. The van der Waals surface area contributed by atoms with Gasteiger partial charge in [-0.05, 0) is 40.5 Å². The van der Waals surface area contributed by atoms with Crippen LogP contribution in [0.15, 0.2) is 34.8 Å². The molecule has 0 spiro atoms. The van der Waals surface area contributed by atoms with Gasteiger partial charge in [0.1, 0.15) is 0 Å². The minimum absolute atomic E-state index is 0.251. The number of carbonyl (C=O) groups is 2. The Bertz CT molecular complexity index is 557. The number of nitrogens with two attached hydrogens (primary N) is 1. The molecule has 0 aliphatic heterocycles. The lowest BCUT2D eigenvalue weighted by atomic mass is 10.1. The van der Waals surface area contributed by atoms with E-state index in [0.717, 1.165) is 4.47 Å². The summed E-state index contributed by atoms with van der Waals surface area (Å²) in [6, 6.07) is 4.68. The molecule has 1 aromatic carbocycles. The van der Waals surface area contributed by atoms with E-state index < -0.39 is 11.9 Å². The van der Waals surface area contributed by atoms with E-state index in [1.807, 2.05) is 0 Å². The molecule has 0 radical (unpaired) electrons. The molecule has 0 heterocycles. The normalized spacial score (nSPS) is 21.3. The number of carbonyl (C=O) groups excluding carboxylic acids is 1. The van der Waals surface area contributed by atoms with E-state index >= 15 is 0 Å². The van der Waals surface area contributed by atoms with Gasteiger partial charge in [0.15, 0.2) is 0 Å². The second-order valence-electron chi connectivity index (χ2n) is 4.38. The molecule has 1 aromatic rings. The average molecular weight is 325 g/mol. The smallest absolute Gasteiger partial charge is 0.310 e. The SMILES string of the molecule is Nc1cc(C(=O)NC2C=CC(C(=O)O)C2)ccc1Br. The molecule has 2 atom stereocenters. The number of amides is 1. The fourth-order valence-corrected chi connectivity index (χ4v) is 2.17. The summed E-state index contributed by atoms with van der Waals surface area (Å²) < 4.78 is 0.732. The van der Waals surface area contributed by atoms with Gasteiger partial charge in [-0.2, -0.15) is 0 Å². The van der Waals surface area contributed by atoms with Crippen molar-refractivity contribution in [3.63, 3.8) is 0 Å². The minimum Gasteiger partial charge on any atom is -0.481 e. The molecule has 0 saturated heterocycles. The molecule has 0 fully saturated rings. The number of anilines is 1. The number of carboxylic acids is 1. The Balaban J connectivity index is 2.00. The lowest BCUT2D eigenvalue weighted by Crippen LogP contribution is -2.33. The van der Waals surface area contributed by atoms with Crippen molar-refractivity contribution in [1.29, 1.82) is 0 Å². The lowest BCUT2D eigenvalue weighted by molar-refractivity contribution is -0.140. The average Bonchev–Trinajstić information content (AvgIpc) is 2.81. The first-order chi connectivity index (χ1) is 8.97. The summed E-state index contributed by atoms with van der Waals surface area (Å²) in [4.78, 5) is 22.8. The fraction of sp³-hybridized carbons (Fsp3) is 0.231. The van der Waals surface area contributed by atoms with Gasteiger partial charge in [0.25, 0.3) is 5.91 Å². The van der Waals surface area contributed by atoms with Crippen LogP contribution in [0.4, 0.5) is 5.69 Å². The van der Waals surface area contributed by atoms with E-state index in [9.17, 15) is 9.59 Å². The standard InChI is InChI=1S/C13H13BrN2O3/c14-10-4-2-7(6-11(10)15)12(17)16-9-3-1-8(5-9)13(18)19/h1-4,6,8-9H,5,15H2,(H,16,17)(H,18,19). The molecule has 1 aliphatic rings. The Morgan fingerprint density at radius 1 is 1.37 bits per heavy atom. The summed E-state index contributed by atoms with van der Waals surface area (Å²) in [7, 11) is 0. The highest BCUT2D eigenvalue weighted by Gasteiger charge is 2.25. The van der Waals surface area contributed by atoms with E-state index in [-0.39, 0.29) is 11.9 Å². The van der Waals surface area contributed by atoms with Gasteiger partial charge >= 0.3 is 5.97 Å². The first kappa shape index (κ1) is 13.6. The van der Waals surface area contributed by atoms with Gasteiger partial charge in [0, 0.05) is 21.8 Å². The first-order valence-electron chi connectivity index (χ1n) is 5.74. The number of carboxylic acid groups (broad SMARTS) is 1. The number of nitrogen functional groups attached to an aromatic ring is 1. The molecule has 100 valence electrons. The van der Waals surface area contributed by atoms with Gasteiger partial charge in [-0.3, -0.25) is 9.59 Å². The van der Waals surface area contributed by atoms with E-state index in [1.165, 1.54) is 0 Å². The van der Waals surface area contributed by atoms with Crippen LogP contribution in [0.1, 0.15) is 16.8 Å². The third-order valence-electron chi connectivity index (χ3n) is 2.98. The summed E-state index contributed by atoms with van der Waals surface area (Å²) >= 11 is 3.26. The van der Waals surface area contributed by atoms with Crippen LogP contribution in [0.3, 0.4) is 0 Å². The maximum Gasteiger partial charge on any atom is 0.310 e. The van der Waals surface area contributed by atoms with Gasteiger partial charge < -0.3 is 16.2 Å². The van der Waals surface area contributed by atoms with Gasteiger partial charge in [-0.1, -0.05) is 12.2 Å². The predicted octanol–water partition coefficient (Wildman–Crippen LogP) is 1.79. The molecule has 1 aliphatic carbocycles. The number of benzene rings is 1. The van der Waals surface area contributed by atoms with Crippen molar-refractivity contribution >= 4 is 33.5 Å². The number of halogens is 1. The van der Waals surface area contributed by atoms with Gasteiger partial charge in [0.05, 0.1) is 5.92 Å². The molecular weight excluding hydrogens is 312 g/mol. The summed E-state index contributed by atoms with van der Waals surface area (Å²) in [5, 5.41) is 11.6. The van der Waals surface area contributed by atoms with Gasteiger partial charge in [-0.15, -0.1) is 0 Å². The molecule has 6 heteroatoms. The Morgan fingerprint density at radius 3 is 2.68 bits per heavy atom. The zero-order valence-corrected chi connectivity index (χ0v) is 11.6. The summed E-state index contributed by atoms with van der Waals surface area (Å²) in [6.07, 6.45) is 3.69. The van der Waals surface area contributed by atoms with Crippen molar-refractivity contribution in [2.24, 2.45) is 5.92 Å². The Labute approximate surface area is 118 Å². The number of hydrogen-bond acceptors (Lipinski definition) is 3. The number of nitrogens with one attached hydrogen (secondary N) is 1. The quantitative estimate of drug-likeness (QED) is 0.583. The summed E-state index contributed by atoms with van der Waals surface area (Å²) in [5.41, 5.74) is 6.65. The maximum atomic E-state index is 12.0. The Hall–Kier alpha value is -1.82. The third-order valence-corrected chi connectivity index (χ3v) is 3.70. The Kier molecular flexibility index (Phi) is 3.90. The number of rotatable bonds is 3. The van der Waals surface area contributed by atoms with Crippen LogP contribution in [-0.2, 0) is 4.79 Å². The van der Waals surface area contributed by atoms with E-state index in [2.05, 4.69) is 21.2 Å². The van der Waals surface area contributed by atoms with Crippen LogP contribution in [0.25, 0.3) is 0 Å². The maximum absolute atomic E-state index is 12.0. The van der Waals surface area contributed by atoms with Gasteiger partial charge in [-0.25, -0.2) is 0 Å². The van der Waals surface area contributed by atoms with Crippen molar-refractivity contribution in [2.45, 2.75) is 12.5 Å². The Morgan fingerprint density at radius 2 is 2.11 bits per heavy atom. The fourth-order valence-electron chi connectivity index (χ4n) is 1.93. The first-order valence-corrected chi connectivity index (χ1v) is 6.53. The molecule has 1 amide bonds. The summed E-state index contributed by atoms with van der Waals surface area (Å²) in [6.45, 7) is 0. The van der Waals surface area contributed by atoms with E-state index in [4.69, 9.17) is 10.8 Å². The van der Waals surface area contributed by atoms with Crippen molar-refractivity contribution in [2.75, 3.05) is 5.73 Å². The van der Waals surface area contributed by atoms with Crippen molar-refractivity contribution in [3.05, 3.63) is 40.4 Å². The number of hydrogen-bond donors (Lipinski definition) is 3. The second kappa shape index (κ2) is 5.44. The monoisotopic (exact) mass is 324 g/mol. The highest BCUT2D eigenvalue weighted by Crippen LogP contribution is 2.21. The predicted molar refractivity (Wildman–Crippen MR) is 74.7 cm³/mol. The van der Waals surface area contributed by atoms with Crippen LogP contribution >= 0.6 is 15.9 Å². The zero-order valence-electron chi connectivity index (χ0n) is 9.97.